The molecular weight excluding hydrogens is 274 g/mol. The average Bonchev–Trinajstić information content (AvgIpc) is 2.92. The Morgan fingerprint density at radius 1 is 0.762 bits per heavy atom. The molecule has 0 radical (unpaired) electrons. The summed E-state index contributed by atoms with van der Waals surface area (Å²) in [6, 6.07) is 23.7. The fourth-order valence-electron chi connectivity index (χ4n) is 2.91. The SMILES string of the molecule is CSc1ccccc1-c1ccc2c(c1)[nH]c1ccccc12. The summed E-state index contributed by atoms with van der Waals surface area (Å²) in [6.45, 7) is 0. The van der Waals surface area contributed by atoms with Crippen LogP contribution >= 0.6 is 11.8 Å². The molecule has 1 N–H and O–H groups in total. The first-order valence-electron chi connectivity index (χ1n) is 7.01. The molecule has 0 unspecified atom stereocenters. The third-order valence-electron chi connectivity index (χ3n) is 3.92. The molecule has 0 amide bonds. The third kappa shape index (κ3) is 2.03. The normalized spacial score (nSPS) is 11.3. The van der Waals surface area contributed by atoms with E-state index in [1.54, 1.807) is 11.8 Å². The van der Waals surface area contributed by atoms with Gasteiger partial charge in [-0.15, -0.1) is 11.8 Å². The van der Waals surface area contributed by atoms with Gasteiger partial charge in [-0.25, -0.2) is 0 Å². The third-order valence-corrected chi connectivity index (χ3v) is 4.72. The number of hydrogen-bond donors (Lipinski definition) is 1. The molecule has 0 fully saturated rings. The molecule has 2 heteroatoms. The van der Waals surface area contributed by atoms with Crippen molar-refractivity contribution in [1.82, 2.24) is 4.98 Å². The minimum Gasteiger partial charge on any atom is -0.354 e. The number of hydrogen-bond acceptors (Lipinski definition) is 1. The van der Waals surface area contributed by atoms with Crippen molar-refractivity contribution < 1.29 is 0 Å². The van der Waals surface area contributed by atoms with Crippen molar-refractivity contribution in [3.8, 4) is 11.1 Å². The first-order chi connectivity index (χ1) is 10.4. The maximum Gasteiger partial charge on any atom is 0.0471 e. The largest absolute Gasteiger partial charge is 0.354 e. The molecule has 0 saturated heterocycles. The lowest BCUT2D eigenvalue weighted by Gasteiger charge is -2.07. The summed E-state index contributed by atoms with van der Waals surface area (Å²) < 4.78 is 0. The molecule has 4 aromatic rings. The van der Waals surface area contributed by atoms with Crippen LogP contribution in [0.2, 0.25) is 0 Å². The fourth-order valence-corrected chi connectivity index (χ4v) is 3.53. The van der Waals surface area contributed by atoms with E-state index in [9.17, 15) is 0 Å². The van der Waals surface area contributed by atoms with Crippen molar-refractivity contribution >= 4 is 33.6 Å². The zero-order chi connectivity index (χ0) is 14.2. The number of aromatic amines is 1. The van der Waals surface area contributed by atoms with E-state index in [1.807, 2.05) is 0 Å². The van der Waals surface area contributed by atoms with E-state index in [-0.39, 0.29) is 0 Å². The van der Waals surface area contributed by atoms with Gasteiger partial charge in [0.15, 0.2) is 0 Å². The maximum absolute atomic E-state index is 3.52. The molecule has 4 rings (SSSR count). The number of thioether (sulfide) groups is 1. The average molecular weight is 289 g/mol. The van der Waals surface area contributed by atoms with Crippen LogP contribution in [-0.4, -0.2) is 11.2 Å². The van der Waals surface area contributed by atoms with Crippen molar-refractivity contribution in [2.24, 2.45) is 0 Å². The van der Waals surface area contributed by atoms with E-state index in [1.165, 1.54) is 37.8 Å². The molecule has 1 heterocycles. The lowest BCUT2D eigenvalue weighted by Crippen LogP contribution is -1.81. The second-order valence-corrected chi connectivity index (χ2v) is 5.98. The molecule has 3 aromatic carbocycles. The van der Waals surface area contributed by atoms with E-state index < -0.39 is 0 Å². The van der Waals surface area contributed by atoms with E-state index in [2.05, 4.69) is 78.0 Å². The highest BCUT2D eigenvalue weighted by Crippen LogP contribution is 2.33. The molecule has 0 aliphatic heterocycles. The predicted molar refractivity (Wildman–Crippen MR) is 93.0 cm³/mol. The first kappa shape index (κ1) is 12.5. The molecule has 0 aliphatic carbocycles. The van der Waals surface area contributed by atoms with E-state index in [4.69, 9.17) is 0 Å². The summed E-state index contributed by atoms with van der Waals surface area (Å²) in [7, 11) is 0. The predicted octanol–water partition coefficient (Wildman–Crippen LogP) is 5.71. The van der Waals surface area contributed by atoms with Crippen LogP contribution in [0.5, 0.6) is 0 Å². The van der Waals surface area contributed by atoms with Gasteiger partial charge in [-0.1, -0.05) is 48.5 Å². The molecule has 0 bridgehead atoms. The van der Waals surface area contributed by atoms with Gasteiger partial charge in [-0.2, -0.15) is 0 Å². The molecule has 102 valence electrons. The second kappa shape index (κ2) is 4.97. The molecule has 0 spiro atoms. The van der Waals surface area contributed by atoms with Gasteiger partial charge in [0.1, 0.15) is 0 Å². The van der Waals surface area contributed by atoms with E-state index in [0.29, 0.717) is 0 Å². The summed E-state index contributed by atoms with van der Waals surface area (Å²) in [6.07, 6.45) is 2.13. The molecule has 0 atom stereocenters. The topological polar surface area (TPSA) is 15.8 Å². The number of rotatable bonds is 2. The zero-order valence-corrected chi connectivity index (χ0v) is 12.6. The van der Waals surface area contributed by atoms with Crippen LogP contribution in [0.15, 0.2) is 71.6 Å². The fraction of sp³-hybridized carbons (Fsp3) is 0.0526. The van der Waals surface area contributed by atoms with Gasteiger partial charge in [0.25, 0.3) is 0 Å². The Kier molecular flexibility index (Phi) is 2.97. The van der Waals surface area contributed by atoms with Crippen LogP contribution in [0.3, 0.4) is 0 Å². The van der Waals surface area contributed by atoms with Gasteiger partial charge in [0, 0.05) is 26.7 Å². The van der Waals surface area contributed by atoms with Crippen LogP contribution in [0, 0.1) is 0 Å². The number of nitrogens with one attached hydrogen (secondary N) is 1. The summed E-state index contributed by atoms with van der Waals surface area (Å²) in [4.78, 5) is 4.83. The maximum atomic E-state index is 3.52. The molecular formula is C19H15NS. The Hall–Kier alpha value is -2.19. The van der Waals surface area contributed by atoms with Gasteiger partial charge < -0.3 is 4.98 Å². The smallest absolute Gasteiger partial charge is 0.0471 e. The highest BCUT2D eigenvalue weighted by atomic mass is 32.2. The van der Waals surface area contributed by atoms with Crippen LogP contribution in [0.1, 0.15) is 0 Å². The Labute approximate surface area is 128 Å². The van der Waals surface area contributed by atoms with Crippen molar-refractivity contribution in [3.05, 3.63) is 66.7 Å². The number of benzene rings is 3. The Morgan fingerprint density at radius 3 is 2.43 bits per heavy atom. The van der Waals surface area contributed by atoms with Gasteiger partial charge in [0.05, 0.1) is 0 Å². The summed E-state index contributed by atoms with van der Waals surface area (Å²) in [5.41, 5.74) is 4.96. The van der Waals surface area contributed by atoms with Gasteiger partial charge >= 0.3 is 0 Å². The summed E-state index contributed by atoms with van der Waals surface area (Å²) in [5.74, 6) is 0. The van der Waals surface area contributed by atoms with Crippen molar-refractivity contribution in [1.29, 1.82) is 0 Å². The van der Waals surface area contributed by atoms with Crippen LogP contribution < -0.4 is 0 Å². The quantitative estimate of drug-likeness (QED) is 0.467. The monoisotopic (exact) mass is 289 g/mol. The van der Waals surface area contributed by atoms with Crippen molar-refractivity contribution in [2.45, 2.75) is 4.90 Å². The van der Waals surface area contributed by atoms with Crippen molar-refractivity contribution in [2.75, 3.05) is 6.26 Å². The van der Waals surface area contributed by atoms with Gasteiger partial charge in [0.2, 0.25) is 0 Å². The van der Waals surface area contributed by atoms with E-state index in [0.717, 1.165) is 0 Å². The minimum absolute atomic E-state index is 1.20. The lowest BCUT2D eigenvalue weighted by atomic mass is 10.0. The highest BCUT2D eigenvalue weighted by molar-refractivity contribution is 7.98. The van der Waals surface area contributed by atoms with Gasteiger partial charge in [-0.05, 0) is 35.6 Å². The van der Waals surface area contributed by atoms with Crippen LogP contribution in [0.4, 0.5) is 0 Å². The number of para-hydroxylation sites is 1. The molecule has 21 heavy (non-hydrogen) atoms. The van der Waals surface area contributed by atoms with Crippen LogP contribution in [-0.2, 0) is 0 Å². The number of aromatic nitrogens is 1. The van der Waals surface area contributed by atoms with Gasteiger partial charge in [-0.3, -0.25) is 0 Å². The first-order valence-corrected chi connectivity index (χ1v) is 8.23. The highest BCUT2D eigenvalue weighted by Gasteiger charge is 2.07. The molecule has 0 saturated carbocycles. The minimum atomic E-state index is 1.20. The number of fused-ring (bicyclic) bond motifs is 3. The summed E-state index contributed by atoms with van der Waals surface area (Å²) in [5, 5.41) is 2.58. The van der Waals surface area contributed by atoms with Crippen molar-refractivity contribution in [3.63, 3.8) is 0 Å². The van der Waals surface area contributed by atoms with Crippen LogP contribution in [0.25, 0.3) is 32.9 Å². The zero-order valence-electron chi connectivity index (χ0n) is 11.8. The molecule has 1 nitrogen and oxygen atoms in total. The second-order valence-electron chi connectivity index (χ2n) is 5.13. The Balaban J connectivity index is 1.97. The lowest BCUT2D eigenvalue weighted by molar-refractivity contribution is 1.45. The standard InChI is InChI=1S/C19H15NS/c1-21-19-9-5-3-6-14(19)13-10-11-16-15-7-2-4-8-17(15)20-18(16)12-13/h2-12,20H,1H3. The molecule has 0 aliphatic rings. The van der Waals surface area contributed by atoms with E-state index >= 15 is 0 Å². The Bertz CT molecular complexity index is 937. The molecule has 1 aromatic heterocycles. The summed E-state index contributed by atoms with van der Waals surface area (Å²) >= 11 is 1.79. The Morgan fingerprint density at radius 2 is 1.52 bits per heavy atom. The number of H-pyrrole nitrogens is 1.